The van der Waals surface area contributed by atoms with Gasteiger partial charge in [-0.15, -0.1) is 0 Å². The number of amides is 1. The van der Waals surface area contributed by atoms with Crippen LogP contribution in [0.25, 0.3) is 0 Å². The van der Waals surface area contributed by atoms with Crippen LogP contribution in [0.3, 0.4) is 0 Å². The lowest BCUT2D eigenvalue weighted by molar-refractivity contribution is 0.0953. The fourth-order valence-electron chi connectivity index (χ4n) is 2.26. The summed E-state index contributed by atoms with van der Waals surface area (Å²) in [5, 5.41) is 6.06. The number of hydrogen-bond acceptors (Lipinski definition) is 5. The Bertz CT molecular complexity index is 703. The molecule has 23 heavy (non-hydrogen) atoms. The molecular weight excluding hydrogens is 294 g/mol. The molecule has 6 nitrogen and oxygen atoms in total. The number of ether oxygens (including phenoxy) is 2. The summed E-state index contributed by atoms with van der Waals surface area (Å²) >= 11 is 0. The van der Waals surface area contributed by atoms with E-state index < -0.39 is 0 Å². The maximum absolute atomic E-state index is 12.0. The van der Waals surface area contributed by atoms with Crippen molar-refractivity contribution < 1.29 is 14.3 Å². The fraction of sp³-hybridized carbons (Fsp3) is 0.294. The third-order valence-corrected chi connectivity index (χ3v) is 3.37. The molecule has 6 heteroatoms. The number of carbonyl (C=O) groups excluding carboxylic acids is 1. The number of aromatic nitrogens is 1. The van der Waals surface area contributed by atoms with Crippen molar-refractivity contribution >= 4 is 17.3 Å². The Morgan fingerprint density at radius 2 is 1.96 bits per heavy atom. The van der Waals surface area contributed by atoms with Gasteiger partial charge in [-0.25, -0.2) is 0 Å². The van der Waals surface area contributed by atoms with Crippen LogP contribution in [0.5, 0.6) is 11.5 Å². The first-order chi connectivity index (χ1) is 11.3. The van der Waals surface area contributed by atoms with Crippen LogP contribution in [0.15, 0.2) is 36.7 Å². The van der Waals surface area contributed by atoms with Gasteiger partial charge in [-0.1, -0.05) is 6.92 Å². The van der Waals surface area contributed by atoms with Crippen LogP contribution in [0, 0.1) is 0 Å². The number of carbonyl (C=O) groups is 1. The summed E-state index contributed by atoms with van der Waals surface area (Å²) in [4.78, 5) is 16.1. The molecule has 2 heterocycles. The van der Waals surface area contributed by atoms with Gasteiger partial charge in [0.25, 0.3) is 5.91 Å². The van der Waals surface area contributed by atoms with E-state index in [1.807, 2.05) is 25.1 Å². The van der Waals surface area contributed by atoms with Crippen molar-refractivity contribution in [2.75, 3.05) is 25.1 Å². The van der Waals surface area contributed by atoms with Gasteiger partial charge in [0.15, 0.2) is 11.5 Å². The smallest absolute Gasteiger partial charge is 0.252 e. The van der Waals surface area contributed by atoms with Gasteiger partial charge in [-0.05, 0) is 24.6 Å². The average molecular weight is 313 g/mol. The molecule has 2 N–H and O–H groups in total. The number of anilines is 2. The topological polar surface area (TPSA) is 72.5 Å². The SMILES string of the molecule is CCCNC(=O)c1cncc(Nc2ccc3c(c2)OCCO3)c1. The number of fused-ring (bicyclic) bond motifs is 1. The molecule has 0 bridgehead atoms. The van der Waals surface area contributed by atoms with Crippen LogP contribution in [-0.4, -0.2) is 30.6 Å². The van der Waals surface area contributed by atoms with Gasteiger partial charge in [0.1, 0.15) is 13.2 Å². The molecule has 1 amide bonds. The Labute approximate surface area is 134 Å². The highest BCUT2D eigenvalue weighted by atomic mass is 16.6. The first kappa shape index (κ1) is 15.1. The minimum absolute atomic E-state index is 0.120. The van der Waals surface area contributed by atoms with Crippen LogP contribution < -0.4 is 20.1 Å². The molecule has 0 atom stereocenters. The molecule has 0 aliphatic carbocycles. The third kappa shape index (κ3) is 3.71. The Balaban J connectivity index is 1.74. The van der Waals surface area contributed by atoms with Crippen molar-refractivity contribution in [3.8, 4) is 11.5 Å². The molecule has 0 radical (unpaired) electrons. The normalized spacial score (nSPS) is 12.6. The van der Waals surface area contributed by atoms with E-state index in [4.69, 9.17) is 9.47 Å². The largest absolute Gasteiger partial charge is 0.486 e. The summed E-state index contributed by atoms with van der Waals surface area (Å²) in [5.74, 6) is 1.34. The first-order valence-corrected chi connectivity index (χ1v) is 7.66. The number of pyridine rings is 1. The second-order valence-corrected chi connectivity index (χ2v) is 5.20. The summed E-state index contributed by atoms with van der Waals surface area (Å²) in [6, 6.07) is 7.41. The van der Waals surface area contributed by atoms with E-state index in [0.717, 1.165) is 23.5 Å². The second-order valence-electron chi connectivity index (χ2n) is 5.20. The fourth-order valence-corrected chi connectivity index (χ4v) is 2.26. The third-order valence-electron chi connectivity index (χ3n) is 3.37. The van der Waals surface area contributed by atoms with Crippen LogP contribution in [0.4, 0.5) is 11.4 Å². The maximum Gasteiger partial charge on any atom is 0.252 e. The van der Waals surface area contributed by atoms with E-state index in [0.29, 0.717) is 31.1 Å². The van der Waals surface area contributed by atoms with E-state index in [1.54, 1.807) is 18.5 Å². The van der Waals surface area contributed by atoms with E-state index in [2.05, 4.69) is 15.6 Å². The van der Waals surface area contributed by atoms with Crippen molar-refractivity contribution in [1.29, 1.82) is 0 Å². The second kappa shape index (κ2) is 7.00. The molecule has 0 unspecified atom stereocenters. The number of hydrogen-bond donors (Lipinski definition) is 2. The summed E-state index contributed by atoms with van der Waals surface area (Å²) < 4.78 is 11.1. The summed E-state index contributed by atoms with van der Waals surface area (Å²) in [7, 11) is 0. The molecular formula is C17H19N3O3. The van der Waals surface area contributed by atoms with Crippen LogP contribution in [0.1, 0.15) is 23.7 Å². The van der Waals surface area contributed by atoms with E-state index >= 15 is 0 Å². The molecule has 120 valence electrons. The van der Waals surface area contributed by atoms with Crippen LogP contribution in [0.2, 0.25) is 0 Å². The molecule has 0 fully saturated rings. The van der Waals surface area contributed by atoms with Crippen LogP contribution >= 0.6 is 0 Å². The van der Waals surface area contributed by atoms with Crippen molar-refractivity contribution in [2.24, 2.45) is 0 Å². The molecule has 1 aliphatic rings. The van der Waals surface area contributed by atoms with Gasteiger partial charge in [-0.3, -0.25) is 9.78 Å². The van der Waals surface area contributed by atoms with E-state index in [-0.39, 0.29) is 5.91 Å². The Morgan fingerprint density at radius 3 is 2.78 bits per heavy atom. The molecule has 1 aromatic heterocycles. The lowest BCUT2D eigenvalue weighted by Crippen LogP contribution is -2.24. The highest BCUT2D eigenvalue weighted by Crippen LogP contribution is 2.33. The highest BCUT2D eigenvalue weighted by molar-refractivity contribution is 5.94. The summed E-state index contributed by atoms with van der Waals surface area (Å²) in [6.45, 7) is 3.78. The monoisotopic (exact) mass is 313 g/mol. The predicted octanol–water partition coefficient (Wildman–Crippen LogP) is 2.74. The summed E-state index contributed by atoms with van der Waals surface area (Å²) in [6.07, 6.45) is 4.13. The maximum atomic E-state index is 12.0. The van der Waals surface area contributed by atoms with E-state index in [9.17, 15) is 4.79 Å². The van der Waals surface area contributed by atoms with Crippen molar-refractivity contribution in [3.63, 3.8) is 0 Å². The van der Waals surface area contributed by atoms with Gasteiger partial charge < -0.3 is 20.1 Å². The Hall–Kier alpha value is -2.76. The zero-order valence-corrected chi connectivity index (χ0v) is 13.0. The van der Waals surface area contributed by atoms with Gasteiger partial charge in [0, 0.05) is 24.5 Å². The van der Waals surface area contributed by atoms with Gasteiger partial charge >= 0.3 is 0 Å². The van der Waals surface area contributed by atoms with Crippen molar-refractivity contribution in [3.05, 3.63) is 42.2 Å². The van der Waals surface area contributed by atoms with E-state index in [1.165, 1.54) is 0 Å². The minimum atomic E-state index is -0.120. The predicted molar refractivity (Wildman–Crippen MR) is 87.6 cm³/mol. The lowest BCUT2D eigenvalue weighted by Gasteiger charge is -2.19. The zero-order valence-electron chi connectivity index (χ0n) is 13.0. The molecule has 1 aromatic carbocycles. The Morgan fingerprint density at radius 1 is 1.13 bits per heavy atom. The number of nitrogens with zero attached hydrogens (tertiary/aromatic N) is 1. The van der Waals surface area contributed by atoms with Crippen molar-refractivity contribution in [1.82, 2.24) is 10.3 Å². The molecule has 1 aliphatic heterocycles. The number of rotatable bonds is 5. The number of nitrogens with one attached hydrogen (secondary N) is 2. The first-order valence-electron chi connectivity index (χ1n) is 7.66. The van der Waals surface area contributed by atoms with Gasteiger partial charge in [0.2, 0.25) is 0 Å². The number of benzene rings is 1. The quantitative estimate of drug-likeness (QED) is 0.888. The highest BCUT2D eigenvalue weighted by Gasteiger charge is 2.12. The molecule has 0 spiro atoms. The zero-order chi connectivity index (χ0) is 16.1. The standard InChI is InChI=1S/C17H19N3O3/c1-2-5-19-17(21)12-8-14(11-18-10-12)20-13-3-4-15-16(9-13)23-7-6-22-15/h3-4,8-11,20H,2,5-7H2,1H3,(H,19,21). The molecule has 2 aromatic rings. The van der Waals surface area contributed by atoms with Gasteiger partial charge in [-0.2, -0.15) is 0 Å². The van der Waals surface area contributed by atoms with Crippen molar-refractivity contribution in [2.45, 2.75) is 13.3 Å². The molecule has 0 saturated carbocycles. The summed E-state index contributed by atoms with van der Waals surface area (Å²) in [5.41, 5.74) is 2.12. The lowest BCUT2D eigenvalue weighted by atomic mass is 10.2. The molecule has 3 rings (SSSR count). The van der Waals surface area contributed by atoms with Gasteiger partial charge in [0.05, 0.1) is 17.4 Å². The molecule has 0 saturated heterocycles. The minimum Gasteiger partial charge on any atom is -0.486 e. The Kier molecular flexibility index (Phi) is 4.61. The average Bonchev–Trinajstić information content (AvgIpc) is 2.60. The van der Waals surface area contributed by atoms with Crippen LogP contribution in [-0.2, 0) is 0 Å².